The molecule has 1 atom stereocenters. The van der Waals surface area contributed by atoms with Crippen LogP contribution in [0.4, 0.5) is 0 Å². The van der Waals surface area contributed by atoms with Gasteiger partial charge in [0, 0.05) is 44.4 Å². The van der Waals surface area contributed by atoms with Crippen LogP contribution in [0.1, 0.15) is 23.7 Å². The van der Waals surface area contributed by atoms with Crippen molar-refractivity contribution < 1.29 is 17.9 Å². The van der Waals surface area contributed by atoms with Gasteiger partial charge in [-0.25, -0.2) is 13.4 Å². The molecule has 1 fully saturated rings. The molecule has 9 nitrogen and oxygen atoms in total. The Hall–Kier alpha value is -2.85. The van der Waals surface area contributed by atoms with Crippen molar-refractivity contribution in [2.45, 2.75) is 23.8 Å². The van der Waals surface area contributed by atoms with Gasteiger partial charge in [0.05, 0.1) is 25.7 Å². The lowest BCUT2D eigenvalue weighted by Crippen LogP contribution is -2.29. The Labute approximate surface area is 175 Å². The van der Waals surface area contributed by atoms with E-state index in [0.717, 1.165) is 29.3 Å². The van der Waals surface area contributed by atoms with Crippen molar-refractivity contribution in [1.82, 2.24) is 24.1 Å². The first-order chi connectivity index (χ1) is 14.5. The number of methoxy groups -OCH3 is 1. The summed E-state index contributed by atoms with van der Waals surface area (Å²) in [7, 11) is -0.187. The molecule has 0 unspecified atom stereocenters. The van der Waals surface area contributed by atoms with Crippen LogP contribution in [-0.2, 0) is 23.5 Å². The zero-order valence-corrected chi connectivity index (χ0v) is 17.8. The summed E-state index contributed by atoms with van der Waals surface area (Å²) in [6.45, 7) is 1.39. The quantitative estimate of drug-likeness (QED) is 0.585. The largest absolute Gasteiger partial charge is 0.497 e. The van der Waals surface area contributed by atoms with Gasteiger partial charge in [-0.2, -0.15) is 9.40 Å². The van der Waals surface area contributed by atoms with E-state index in [1.165, 1.54) is 16.8 Å². The summed E-state index contributed by atoms with van der Waals surface area (Å²) in [4.78, 5) is 3.99. The van der Waals surface area contributed by atoms with Gasteiger partial charge in [-0.1, -0.05) is 0 Å². The van der Waals surface area contributed by atoms with E-state index in [-0.39, 0.29) is 10.9 Å². The zero-order valence-electron chi connectivity index (χ0n) is 17.0. The minimum atomic E-state index is -3.57. The molecule has 160 valence electrons. The van der Waals surface area contributed by atoms with Crippen LogP contribution in [0.15, 0.2) is 47.9 Å². The lowest BCUT2D eigenvalue weighted by molar-refractivity contribution is 0.319. The van der Waals surface area contributed by atoms with Crippen LogP contribution in [0, 0.1) is 0 Å². The number of benzene rings is 1. The minimum absolute atomic E-state index is 0.0657. The monoisotopic (exact) mass is 431 g/mol. The highest BCUT2D eigenvalue weighted by atomic mass is 32.2. The van der Waals surface area contributed by atoms with Crippen LogP contribution in [0.3, 0.4) is 0 Å². The van der Waals surface area contributed by atoms with Crippen molar-refractivity contribution in [2.75, 3.05) is 26.8 Å². The van der Waals surface area contributed by atoms with Gasteiger partial charge in [-0.15, -0.1) is 0 Å². The molecule has 3 aromatic rings. The number of nitrogens with zero attached hydrogens (tertiary/aromatic N) is 4. The Kier molecular flexibility index (Phi) is 5.78. The molecule has 1 aliphatic heterocycles. The summed E-state index contributed by atoms with van der Waals surface area (Å²) in [6.07, 6.45) is 4.44. The number of H-pyrrole nitrogens is 1. The number of aryl methyl sites for hydroxylation is 1. The highest BCUT2D eigenvalue weighted by molar-refractivity contribution is 7.89. The number of hydrogen-bond donors (Lipinski definition) is 1. The van der Waals surface area contributed by atoms with Crippen LogP contribution >= 0.6 is 0 Å². The molecule has 0 saturated carbocycles. The predicted molar refractivity (Wildman–Crippen MR) is 110 cm³/mol. The minimum Gasteiger partial charge on any atom is -0.497 e. The van der Waals surface area contributed by atoms with Crippen LogP contribution < -0.4 is 9.47 Å². The standard InChI is InChI=1S/C20H25N5O4S/c1-24-13-20(21-14-24)30(26,27)25-9-7-15(12-25)19-11-16(22-23-19)8-10-29-18-5-3-17(28-2)4-6-18/h3-6,11,13-15H,7-10,12H2,1-2H3,(H,22,23)/t15-/m0/s1. The van der Waals surface area contributed by atoms with Crippen molar-refractivity contribution in [2.24, 2.45) is 7.05 Å². The Balaban J connectivity index is 1.32. The molecule has 1 aromatic carbocycles. The van der Waals surface area contributed by atoms with Gasteiger partial charge in [-0.05, 0) is 36.8 Å². The third-order valence-corrected chi connectivity index (χ3v) is 6.96. The van der Waals surface area contributed by atoms with Crippen molar-refractivity contribution in [1.29, 1.82) is 0 Å². The third kappa shape index (κ3) is 4.34. The van der Waals surface area contributed by atoms with E-state index in [1.54, 1.807) is 18.7 Å². The van der Waals surface area contributed by atoms with E-state index < -0.39 is 10.0 Å². The van der Waals surface area contributed by atoms with Gasteiger partial charge in [0.1, 0.15) is 11.5 Å². The summed E-state index contributed by atoms with van der Waals surface area (Å²) in [6, 6.07) is 9.45. The molecular weight excluding hydrogens is 406 g/mol. The summed E-state index contributed by atoms with van der Waals surface area (Å²) in [5, 5.41) is 7.53. The lowest BCUT2D eigenvalue weighted by Gasteiger charge is -2.14. The second kappa shape index (κ2) is 8.49. The molecule has 3 heterocycles. The summed E-state index contributed by atoms with van der Waals surface area (Å²) < 4.78 is 39.5. The van der Waals surface area contributed by atoms with Crippen molar-refractivity contribution >= 4 is 10.0 Å². The molecular formula is C20H25N5O4S. The van der Waals surface area contributed by atoms with E-state index in [1.807, 2.05) is 30.3 Å². The van der Waals surface area contributed by atoms with Gasteiger partial charge in [0.25, 0.3) is 10.0 Å². The van der Waals surface area contributed by atoms with Crippen molar-refractivity contribution in [3.8, 4) is 11.5 Å². The van der Waals surface area contributed by atoms with Crippen LogP contribution in [0.5, 0.6) is 11.5 Å². The van der Waals surface area contributed by atoms with Crippen molar-refractivity contribution in [3.63, 3.8) is 0 Å². The van der Waals surface area contributed by atoms with Gasteiger partial charge in [0.2, 0.25) is 0 Å². The summed E-state index contributed by atoms with van der Waals surface area (Å²) >= 11 is 0. The van der Waals surface area contributed by atoms with Gasteiger partial charge in [-0.3, -0.25) is 5.10 Å². The zero-order chi connectivity index (χ0) is 21.1. The van der Waals surface area contributed by atoms with E-state index >= 15 is 0 Å². The molecule has 0 radical (unpaired) electrons. The average molecular weight is 432 g/mol. The summed E-state index contributed by atoms with van der Waals surface area (Å²) in [5.41, 5.74) is 1.85. The van der Waals surface area contributed by atoms with E-state index in [4.69, 9.17) is 9.47 Å². The third-order valence-electron chi connectivity index (χ3n) is 5.20. The number of ether oxygens (including phenoxy) is 2. The van der Waals surface area contributed by atoms with E-state index in [2.05, 4.69) is 15.2 Å². The second-order valence-electron chi connectivity index (χ2n) is 7.32. The van der Waals surface area contributed by atoms with Gasteiger partial charge in [0.15, 0.2) is 5.03 Å². The summed E-state index contributed by atoms with van der Waals surface area (Å²) in [5.74, 6) is 1.63. The Morgan fingerprint density at radius 2 is 2.00 bits per heavy atom. The first-order valence-corrected chi connectivity index (χ1v) is 11.2. The molecule has 0 aliphatic carbocycles. The fourth-order valence-corrected chi connectivity index (χ4v) is 4.98. The van der Waals surface area contributed by atoms with E-state index in [0.29, 0.717) is 26.1 Å². The van der Waals surface area contributed by atoms with E-state index in [9.17, 15) is 8.42 Å². The second-order valence-corrected chi connectivity index (χ2v) is 9.20. The van der Waals surface area contributed by atoms with Crippen LogP contribution in [0.25, 0.3) is 0 Å². The Morgan fingerprint density at radius 3 is 2.70 bits per heavy atom. The van der Waals surface area contributed by atoms with Crippen molar-refractivity contribution in [3.05, 3.63) is 54.2 Å². The molecule has 1 N–H and O–H groups in total. The number of hydrogen-bond acceptors (Lipinski definition) is 6. The molecule has 1 saturated heterocycles. The van der Waals surface area contributed by atoms with Gasteiger partial charge >= 0.3 is 0 Å². The lowest BCUT2D eigenvalue weighted by atomic mass is 10.0. The molecule has 1 aliphatic rings. The van der Waals surface area contributed by atoms with Crippen LogP contribution in [0.2, 0.25) is 0 Å². The number of rotatable bonds is 8. The maximum atomic E-state index is 12.7. The molecule has 2 aromatic heterocycles. The average Bonchev–Trinajstić information content (AvgIpc) is 3.49. The molecule has 0 amide bonds. The molecule has 30 heavy (non-hydrogen) atoms. The molecule has 0 spiro atoms. The number of sulfonamides is 1. The highest BCUT2D eigenvalue weighted by Crippen LogP contribution is 2.30. The molecule has 0 bridgehead atoms. The number of aromatic nitrogens is 4. The van der Waals surface area contributed by atoms with Crippen LogP contribution in [-0.4, -0.2) is 59.3 Å². The first-order valence-electron chi connectivity index (χ1n) is 9.75. The SMILES string of the molecule is COc1ccc(OCCc2cc([C@H]3CCN(S(=O)(=O)c4cn(C)cn4)C3)n[nH]2)cc1. The Morgan fingerprint density at radius 1 is 1.23 bits per heavy atom. The highest BCUT2D eigenvalue weighted by Gasteiger charge is 2.35. The number of imidazole rings is 1. The first kappa shape index (κ1) is 20.4. The predicted octanol–water partition coefficient (Wildman–Crippen LogP) is 1.95. The number of aromatic amines is 1. The molecule has 10 heteroatoms. The fraction of sp³-hybridized carbons (Fsp3) is 0.400. The fourth-order valence-electron chi connectivity index (χ4n) is 3.51. The van der Waals surface area contributed by atoms with Gasteiger partial charge < -0.3 is 14.0 Å². The maximum absolute atomic E-state index is 12.7. The molecule has 4 rings (SSSR count). The smallest absolute Gasteiger partial charge is 0.262 e. The normalized spacial score (nSPS) is 17.3. The topological polar surface area (TPSA) is 102 Å². The Bertz CT molecular complexity index is 1090. The number of nitrogens with one attached hydrogen (secondary N) is 1. The maximum Gasteiger partial charge on any atom is 0.262 e.